The molecule has 9 aromatic rings. The van der Waals surface area contributed by atoms with E-state index in [1.807, 2.05) is 0 Å². The second-order valence-corrected chi connectivity index (χ2v) is 21.7. The zero-order chi connectivity index (χ0) is 44.8. The predicted molar refractivity (Wildman–Crippen MR) is 272 cm³/mol. The maximum absolute atomic E-state index is 7.00. The summed E-state index contributed by atoms with van der Waals surface area (Å²) in [6.07, 6.45) is 4.41. The second kappa shape index (κ2) is 13.4. The molecule has 0 atom stereocenters. The lowest BCUT2D eigenvalue weighted by molar-refractivity contribution is 0.504. The molecule has 4 heteroatoms. The Labute approximate surface area is 377 Å². The number of hydrogen-bond donors (Lipinski definition) is 1. The molecular formula is C60H58N4. The number of fused-ring (bicyclic) bond motifs is 10. The first-order valence-corrected chi connectivity index (χ1v) is 22.9. The Morgan fingerprint density at radius 3 is 1.58 bits per heavy atom. The van der Waals surface area contributed by atoms with Crippen molar-refractivity contribution in [2.24, 2.45) is 11.1 Å². The van der Waals surface area contributed by atoms with Crippen molar-refractivity contribution in [3.8, 4) is 33.6 Å². The average molecular weight is 835 g/mol. The quantitative estimate of drug-likeness (QED) is 0.192. The van der Waals surface area contributed by atoms with Gasteiger partial charge in [0.25, 0.3) is 0 Å². The van der Waals surface area contributed by atoms with Gasteiger partial charge in [-0.2, -0.15) is 0 Å². The van der Waals surface area contributed by atoms with E-state index in [1.54, 1.807) is 0 Å². The van der Waals surface area contributed by atoms with Crippen molar-refractivity contribution < 1.29 is 0 Å². The molecule has 6 aromatic carbocycles. The lowest BCUT2D eigenvalue weighted by atomic mass is 9.84. The third-order valence-corrected chi connectivity index (χ3v) is 15.0. The molecule has 2 aliphatic rings. The monoisotopic (exact) mass is 834 g/mol. The molecule has 3 heterocycles. The molecule has 0 fully saturated rings. The summed E-state index contributed by atoms with van der Waals surface area (Å²) in [5.74, 6) is 0. The number of allylic oxidation sites excluding steroid dienone is 4. The zero-order valence-corrected chi connectivity index (χ0v) is 39.2. The van der Waals surface area contributed by atoms with Crippen molar-refractivity contribution in [2.75, 3.05) is 0 Å². The SMILES string of the molecule is C/C(=C\C1=C(N)C(C)(C)c2ccc(-n3c4ccccc4c4cc(-c5ccc6c(c5)c5ccccc5n6-c5ccc6c(c5)-c5cc(C(C)(C)C)cnc5C6(C)C)ccc43)cc21)C(C)(C)C. The van der Waals surface area contributed by atoms with Gasteiger partial charge in [0.15, 0.2) is 0 Å². The average Bonchev–Trinajstić information content (AvgIpc) is 3.91. The molecule has 0 spiro atoms. The van der Waals surface area contributed by atoms with Gasteiger partial charge in [-0.05, 0) is 123 Å². The van der Waals surface area contributed by atoms with Crippen LogP contribution in [0.1, 0.15) is 104 Å². The zero-order valence-electron chi connectivity index (χ0n) is 39.2. The number of aromatic nitrogens is 3. The topological polar surface area (TPSA) is 48.8 Å². The molecule has 0 radical (unpaired) electrons. The lowest BCUT2D eigenvalue weighted by Gasteiger charge is -2.22. The van der Waals surface area contributed by atoms with Crippen LogP contribution in [0.3, 0.4) is 0 Å². The van der Waals surface area contributed by atoms with E-state index < -0.39 is 0 Å². The molecule has 4 nitrogen and oxygen atoms in total. The van der Waals surface area contributed by atoms with Gasteiger partial charge in [0.1, 0.15) is 0 Å². The Morgan fingerprint density at radius 2 is 1.05 bits per heavy atom. The van der Waals surface area contributed by atoms with Crippen molar-refractivity contribution >= 4 is 49.2 Å². The first kappa shape index (κ1) is 40.1. The van der Waals surface area contributed by atoms with E-state index in [0.29, 0.717) is 0 Å². The smallest absolute Gasteiger partial charge is 0.0582 e. The number of nitrogens with zero attached hydrogens (tertiary/aromatic N) is 3. The molecule has 0 aliphatic heterocycles. The number of pyridine rings is 1. The second-order valence-electron chi connectivity index (χ2n) is 21.7. The lowest BCUT2D eigenvalue weighted by Crippen LogP contribution is -2.22. The molecular weight excluding hydrogens is 777 g/mol. The van der Waals surface area contributed by atoms with Gasteiger partial charge in [-0.15, -0.1) is 0 Å². The number of rotatable bonds is 4. The van der Waals surface area contributed by atoms with Gasteiger partial charge in [0.2, 0.25) is 0 Å². The Balaban J connectivity index is 1.04. The van der Waals surface area contributed by atoms with Gasteiger partial charge in [-0.1, -0.05) is 142 Å². The van der Waals surface area contributed by atoms with Crippen molar-refractivity contribution in [1.29, 1.82) is 0 Å². The fraction of sp³-hybridized carbons (Fsp3) is 0.250. The molecule has 0 saturated heterocycles. The summed E-state index contributed by atoms with van der Waals surface area (Å²) >= 11 is 0. The van der Waals surface area contributed by atoms with Crippen LogP contribution in [-0.4, -0.2) is 14.1 Å². The molecule has 0 bridgehead atoms. The van der Waals surface area contributed by atoms with Crippen LogP contribution < -0.4 is 5.73 Å². The van der Waals surface area contributed by atoms with Crippen LogP contribution in [0.2, 0.25) is 0 Å². The van der Waals surface area contributed by atoms with Crippen molar-refractivity contribution in [3.63, 3.8) is 0 Å². The van der Waals surface area contributed by atoms with Crippen molar-refractivity contribution in [3.05, 3.63) is 179 Å². The summed E-state index contributed by atoms with van der Waals surface area (Å²) in [5.41, 5.74) is 28.3. The standard InChI is InChI=1S/C60H58N4/c1-35(57(2,3)4)28-47-43-32-39(22-24-49(43)59(8,9)55(47)61)63-51-18-14-12-16-41(51)45-29-36(20-26-53(45)63)37-21-27-54-46(30-37)42-17-13-15-19-52(42)64(54)40-23-25-50-44(33-40)48-31-38(58(5,6)7)34-62-56(48)60(50,10)11/h12-34H,61H2,1-11H3/b35-28+. The van der Waals surface area contributed by atoms with Gasteiger partial charge >= 0.3 is 0 Å². The molecule has 2 aliphatic carbocycles. The van der Waals surface area contributed by atoms with E-state index in [4.69, 9.17) is 10.7 Å². The highest BCUT2D eigenvalue weighted by Crippen LogP contribution is 2.50. The van der Waals surface area contributed by atoms with Gasteiger partial charge in [0.05, 0.1) is 27.8 Å². The minimum atomic E-state index is -0.250. The molecule has 2 N–H and O–H groups in total. The fourth-order valence-corrected chi connectivity index (χ4v) is 10.7. The Morgan fingerprint density at radius 1 is 0.547 bits per heavy atom. The van der Waals surface area contributed by atoms with E-state index in [-0.39, 0.29) is 21.7 Å². The van der Waals surface area contributed by atoms with Crippen LogP contribution in [0, 0.1) is 5.41 Å². The number of nitrogens with two attached hydrogens (primary N) is 1. The van der Waals surface area contributed by atoms with Gasteiger partial charge in [-0.3, -0.25) is 4.98 Å². The molecule has 0 unspecified atom stereocenters. The van der Waals surface area contributed by atoms with Crippen molar-refractivity contribution in [1.82, 2.24) is 14.1 Å². The molecule has 64 heavy (non-hydrogen) atoms. The van der Waals surface area contributed by atoms with E-state index in [1.165, 1.54) is 93.7 Å². The molecule has 11 rings (SSSR count). The van der Waals surface area contributed by atoms with E-state index in [0.717, 1.165) is 28.3 Å². The first-order valence-electron chi connectivity index (χ1n) is 22.9. The van der Waals surface area contributed by atoms with Crippen LogP contribution in [0.25, 0.3) is 82.8 Å². The molecule has 0 saturated carbocycles. The summed E-state index contributed by atoms with van der Waals surface area (Å²) < 4.78 is 4.88. The van der Waals surface area contributed by atoms with E-state index in [2.05, 4.69) is 225 Å². The minimum Gasteiger partial charge on any atom is -0.401 e. The van der Waals surface area contributed by atoms with E-state index >= 15 is 0 Å². The van der Waals surface area contributed by atoms with Crippen LogP contribution in [0.4, 0.5) is 0 Å². The van der Waals surface area contributed by atoms with Gasteiger partial charge in [0, 0.05) is 66.8 Å². The highest BCUT2D eigenvalue weighted by atomic mass is 15.0. The van der Waals surface area contributed by atoms with Crippen LogP contribution >= 0.6 is 0 Å². The third-order valence-electron chi connectivity index (χ3n) is 15.0. The highest BCUT2D eigenvalue weighted by molar-refractivity contribution is 6.13. The summed E-state index contributed by atoms with van der Waals surface area (Å²) in [6.45, 7) is 24.9. The van der Waals surface area contributed by atoms with Crippen molar-refractivity contribution in [2.45, 2.75) is 92.4 Å². The summed E-state index contributed by atoms with van der Waals surface area (Å²) in [4.78, 5) is 5.10. The van der Waals surface area contributed by atoms with Gasteiger partial charge < -0.3 is 14.9 Å². The maximum Gasteiger partial charge on any atom is 0.0582 e. The fourth-order valence-electron chi connectivity index (χ4n) is 10.7. The van der Waals surface area contributed by atoms with Crippen LogP contribution in [0.5, 0.6) is 0 Å². The number of hydrogen-bond acceptors (Lipinski definition) is 2. The summed E-state index contributed by atoms with van der Waals surface area (Å²) in [6, 6.07) is 48.1. The molecule has 318 valence electrons. The summed E-state index contributed by atoms with van der Waals surface area (Å²) in [5, 5.41) is 4.97. The maximum atomic E-state index is 7.00. The molecule has 3 aromatic heterocycles. The normalized spacial score (nSPS) is 15.8. The number of para-hydroxylation sites is 2. The Bertz CT molecular complexity index is 3530. The van der Waals surface area contributed by atoms with Crippen LogP contribution in [-0.2, 0) is 16.2 Å². The largest absolute Gasteiger partial charge is 0.401 e. The highest BCUT2D eigenvalue weighted by Gasteiger charge is 2.39. The number of benzene rings is 6. The first-order chi connectivity index (χ1) is 30.3. The Hall–Kier alpha value is -6.65. The summed E-state index contributed by atoms with van der Waals surface area (Å²) in [7, 11) is 0. The molecule has 0 amide bonds. The van der Waals surface area contributed by atoms with Crippen LogP contribution in [0.15, 0.2) is 151 Å². The predicted octanol–water partition coefficient (Wildman–Crippen LogP) is 15.5. The van der Waals surface area contributed by atoms with Gasteiger partial charge in [-0.25, -0.2) is 0 Å². The Kier molecular flexibility index (Phi) is 8.43. The van der Waals surface area contributed by atoms with E-state index in [9.17, 15) is 0 Å². The third kappa shape index (κ3) is 5.77. The minimum absolute atomic E-state index is 0.0129.